The lowest BCUT2D eigenvalue weighted by Gasteiger charge is -2.19. The zero-order chi connectivity index (χ0) is 14.5. The van der Waals surface area contributed by atoms with Crippen LogP contribution in [0.4, 0.5) is 5.69 Å². The number of allylic oxidation sites excluding steroid dienone is 1. The molecule has 1 N–H and O–H groups in total. The van der Waals surface area contributed by atoms with Gasteiger partial charge in [-0.3, -0.25) is 4.79 Å². The molecule has 4 nitrogen and oxygen atoms in total. The predicted octanol–water partition coefficient (Wildman–Crippen LogP) is 3.16. The summed E-state index contributed by atoms with van der Waals surface area (Å²) < 4.78 is 4.64. The Morgan fingerprint density at radius 1 is 1.35 bits per heavy atom. The molecule has 0 amide bonds. The first-order chi connectivity index (χ1) is 9.61. The van der Waals surface area contributed by atoms with Crippen molar-refractivity contribution in [2.75, 3.05) is 12.4 Å². The normalized spacial score (nSPS) is 20.8. The summed E-state index contributed by atoms with van der Waals surface area (Å²) >= 11 is 0. The van der Waals surface area contributed by atoms with Crippen LogP contribution in [0.25, 0.3) is 0 Å². The van der Waals surface area contributed by atoms with Crippen LogP contribution in [-0.2, 0) is 9.53 Å². The first-order valence-corrected chi connectivity index (χ1v) is 6.80. The zero-order valence-corrected chi connectivity index (χ0v) is 11.8. The van der Waals surface area contributed by atoms with Gasteiger partial charge in [0.2, 0.25) is 0 Å². The van der Waals surface area contributed by atoms with E-state index in [4.69, 9.17) is 0 Å². The third kappa shape index (κ3) is 3.26. The van der Waals surface area contributed by atoms with Gasteiger partial charge in [-0.05, 0) is 43.5 Å². The van der Waals surface area contributed by atoms with E-state index >= 15 is 0 Å². The molecule has 0 bridgehead atoms. The van der Waals surface area contributed by atoms with E-state index in [1.165, 1.54) is 7.11 Å². The minimum Gasteiger partial charge on any atom is -0.465 e. The fourth-order valence-corrected chi connectivity index (χ4v) is 2.30. The van der Waals surface area contributed by atoms with Gasteiger partial charge >= 0.3 is 5.97 Å². The standard InChI is InChI=1S/C16H19NO3/c1-11-4-3-5-13(15(11)18)10-17-14-8-6-12(7-9-14)16(19)20-2/h6-11,17H,3-5H2,1-2H3/b13-10+/t11-/m0/s1. The second-order valence-electron chi connectivity index (χ2n) is 5.04. The summed E-state index contributed by atoms with van der Waals surface area (Å²) in [5.41, 5.74) is 2.20. The molecule has 0 spiro atoms. The number of methoxy groups -OCH3 is 1. The Kier molecular flexibility index (Phi) is 4.56. The van der Waals surface area contributed by atoms with Gasteiger partial charge in [-0.2, -0.15) is 0 Å². The van der Waals surface area contributed by atoms with E-state index in [1.807, 2.05) is 6.92 Å². The fourth-order valence-electron chi connectivity index (χ4n) is 2.30. The Morgan fingerprint density at radius 2 is 2.05 bits per heavy atom. The first kappa shape index (κ1) is 14.3. The van der Waals surface area contributed by atoms with Crippen molar-refractivity contribution in [1.82, 2.24) is 0 Å². The fraction of sp³-hybridized carbons (Fsp3) is 0.375. The topological polar surface area (TPSA) is 55.4 Å². The average Bonchev–Trinajstić information content (AvgIpc) is 2.48. The van der Waals surface area contributed by atoms with Crippen molar-refractivity contribution in [2.45, 2.75) is 26.2 Å². The lowest BCUT2D eigenvalue weighted by Crippen LogP contribution is -2.19. The molecule has 1 saturated carbocycles. The van der Waals surface area contributed by atoms with Gasteiger partial charge in [-0.15, -0.1) is 0 Å². The highest BCUT2D eigenvalue weighted by molar-refractivity contribution is 5.97. The van der Waals surface area contributed by atoms with E-state index in [0.29, 0.717) is 5.56 Å². The minimum atomic E-state index is -0.355. The maximum atomic E-state index is 12.0. The molecule has 0 aliphatic heterocycles. The van der Waals surface area contributed by atoms with Crippen LogP contribution in [0.2, 0.25) is 0 Å². The quantitative estimate of drug-likeness (QED) is 0.679. The smallest absolute Gasteiger partial charge is 0.337 e. The number of benzene rings is 1. The molecule has 1 atom stereocenters. The largest absolute Gasteiger partial charge is 0.465 e. The summed E-state index contributed by atoms with van der Waals surface area (Å²) in [6, 6.07) is 6.97. The molecule has 20 heavy (non-hydrogen) atoms. The average molecular weight is 273 g/mol. The second-order valence-corrected chi connectivity index (χ2v) is 5.04. The number of ether oxygens (including phenoxy) is 1. The number of nitrogens with one attached hydrogen (secondary N) is 1. The molecular formula is C16H19NO3. The third-order valence-corrected chi connectivity index (χ3v) is 3.57. The van der Waals surface area contributed by atoms with Gasteiger partial charge in [0.05, 0.1) is 12.7 Å². The van der Waals surface area contributed by atoms with Gasteiger partial charge in [0, 0.05) is 23.4 Å². The van der Waals surface area contributed by atoms with E-state index in [-0.39, 0.29) is 17.7 Å². The highest BCUT2D eigenvalue weighted by Crippen LogP contribution is 2.24. The van der Waals surface area contributed by atoms with Gasteiger partial charge in [-0.25, -0.2) is 4.79 Å². The molecule has 0 heterocycles. The summed E-state index contributed by atoms with van der Waals surface area (Å²) in [5, 5.41) is 3.11. The van der Waals surface area contributed by atoms with Gasteiger partial charge in [0.25, 0.3) is 0 Å². The van der Waals surface area contributed by atoms with Crippen LogP contribution in [0.3, 0.4) is 0 Å². The minimum absolute atomic E-state index is 0.124. The molecule has 1 fully saturated rings. The van der Waals surface area contributed by atoms with Crippen molar-refractivity contribution in [2.24, 2.45) is 5.92 Å². The number of Topliss-reactive ketones (excluding diaryl/α,β-unsaturated/α-hetero) is 1. The molecule has 1 aromatic rings. The molecule has 0 unspecified atom stereocenters. The summed E-state index contributed by atoms with van der Waals surface area (Å²) in [7, 11) is 1.36. The van der Waals surface area contributed by atoms with Crippen molar-refractivity contribution in [1.29, 1.82) is 0 Å². The van der Waals surface area contributed by atoms with E-state index in [1.54, 1.807) is 30.5 Å². The van der Waals surface area contributed by atoms with Crippen LogP contribution in [0, 0.1) is 5.92 Å². The monoisotopic (exact) mass is 273 g/mol. The van der Waals surface area contributed by atoms with Gasteiger partial charge in [0.15, 0.2) is 5.78 Å². The van der Waals surface area contributed by atoms with Crippen LogP contribution in [-0.4, -0.2) is 18.9 Å². The van der Waals surface area contributed by atoms with E-state index in [2.05, 4.69) is 10.1 Å². The first-order valence-electron chi connectivity index (χ1n) is 6.80. The van der Waals surface area contributed by atoms with Crippen LogP contribution in [0.1, 0.15) is 36.5 Å². The molecule has 0 radical (unpaired) electrons. The van der Waals surface area contributed by atoms with Gasteiger partial charge in [-0.1, -0.05) is 6.92 Å². The number of anilines is 1. The van der Waals surface area contributed by atoms with E-state index in [9.17, 15) is 9.59 Å². The molecule has 0 saturated heterocycles. The summed E-state index contributed by atoms with van der Waals surface area (Å²) in [5.74, 6) is -0.000353. The number of ketones is 1. The molecule has 0 aromatic heterocycles. The molecule has 1 aliphatic rings. The maximum Gasteiger partial charge on any atom is 0.337 e. The van der Waals surface area contributed by atoms with Crippen LogP contribution in [0.15, 0.2) is 36.0 Å². The number of carbonyl (C=O) groups is 2. The van der Waals surface area contributed by atoms with Crippen molar-refractivity contribution >= 4 is 17.4 Å². The number of hydrogen-bond acceptors (Lipinski definition) is 4. The Bertz CT molecular complexity index is 531. The Morgan fingerprint density at radius 3 is 2.70 bits per heavy atom. The van der Waals surface area contributed by atoms with Crippen molar-refractivity contribution in [3.05, 3.63) is 41.6 Å². The second kappa shape index (κ2) is 6.37. The summed E-state index contributed by atoms with van der Waals surface area (Å²) in [4.78, 5) is 23.3. The molecular weight excluding hydrogens is 254 g/mol. The third-order valence-electron chi connectivity index (χ3n) is 3.57. The highest BCUT2D eigenvalue weighted by Gasteiger charge is 2.22. The lowest BCUT2D eigenvalue weighted by molar-refractivity contribution is -0.119. The number of carbonyl (C=O) groups excluding carboxylic acids is 2. The Hall–Kier alpha value is -2.10. The zero-order valence-electron chi connectivity index (χ0n) is 11.8. The number of esters is 1. The molecule has 2 rings (SSSR count). The van der Waals surface area contributed by atoms with E-state index < -0.39 is 0 Å². The van der Waals surface area contributed by atoms with Crippen LogP contribution >= 0.6 is 0 Å². The summed E-state index contributed by atoms with van der Waals surface area (Å²) in [6.45, 7) is 1.97. The van der Waals surface area contributed by atoms with Crippen LogP contribution in [0.5, 0.6) is 0 Å². The van der Waals surface area contributed by atoms with Crippen molar-refractivity contribution in [3.8, 4) is 0 Å². The Balaban J connectivity index is 2.03. The maximum absolute atomic E-state index is 12.0. The number of hydrogen-bond donors (Lipinski definition) is 1. The molecule has 1 aromatic carbocycles. The van der Waals surface area contributed by atoms with Gasteiger partial charge < -0.3 is 10.1 Å². The number of rotatable bonds is 3. The molecule has 106 valence electrons. The van der Waals surface area contributed by atoms with Crippen LogP contribution < -0.4 is 5.32 Å². The highest BCUT2D eigenvalue weighted by atomic mass is 16.5. The molecule has 1 aliphatic carbocycles. The van der Waals surface area contributed by atoms with E-state index in [0.717, 1.165) is 30.5 Å². The van der Waals surface area contributed by atoms with Crippen molar-refractivity contribution < 1.29 is 14.3 Å². The predicted molar refractivity (Wildman–Crippen MR) is 77.5 cm³/mol. The van der Waals surface area contributed by atoms with Gasteiger partial charge in [0.1, 0.15) is 0 Å². The molecule has 4 heteroatoms. The Labute approximate surface area is 118 Å². The SMILES string of the molecule is COC(=O)c1ccc(N/C=C2\CCC[C@H](C)C2=O)cc1. The van der Waals surface area contributed by atoms with Crippen molar-refractivity contribution in [3.63, 3.8) is 0 Å². The summed E-state index contributed by atoms with van der Waals surface area (Å²) in [6.07, 6.45) is 4.65. The lowest BCUT2D eigenvalue weighted by atomic mass is 9.86.